The molecule has 1 aromatic carbocycles. The molecule has 0 fully saturated rings. The molecule has 3 N–H and O–H groups in total. The molecule has 0 saturated heterocycles. The summed E-state index contributed by atoms with van der Waals surface area (Å²) in [5, 5.41) is 10.2. The molecule has 1 heterocycles. The Labute approximate surface area is 117 Å². The highest BCUT2D eigenvalue weighted by atomic mass is 16.5. The Bertz CT molecular complexity index is 648. The number of para-hydroxylation sites is 1. The lowest BCUT2D eigenvalue weighted by Gasteiger charge is -2.21. The fourth-order valence-electron chi connectivity index (χ4n) is 2.12. The minimum Gasteiger partial charge on any atom is -0.492 e. The molecule has 1 unspecified atom stereocenters. The molecule has 20 heavy (non-hydrogen) atoms. The zero-order valence-electron chi connectivity index (χ0n) is 11.4. The van der Waals surface area contributed by atoms with Gasteiger partial charge in [0.1, 0.15) is 5.75 Å². The van der Waals surface area contributed by atoms with Crippen molar-refractivity contribution in [2.75, 3.05) is 6.61 Å². The van der Waals surface area contributed by atoms with Gasteiger partial charge in [0, 0.05) is 11.6 Å². The molecule has 5 heteroatoms. The normalized spacial score (nSPS) is 13.9. The molecule has 0 bridgehead atoms. The summed E-state index contributed by atoms with van der Waals surface area (Å²) in [6, 6.07) is 7.64. The van der Waals surface area contributed by atoms with Crippen molar-refractivity contribution in [1.29, 1.82) is 0 Å². The van der Waals surface area contributed by atoms with Crippen molar-refractivity contribution < 1.29 is 14.6 Å². The van der Waals surface area contributed by atoms with Crippen molar-refractivity contribution in [1.82, 2.24) is 4.57 Å². The summed E-state index contributed by atoms with van der Waals surface area (Å²) in [4.78, 5) is 11.3. The number of hydrogen-bond donors (Lipinski definition) is 2. The predicted octanol–water partition coefficient (Wildman–Crippen LogP) is 2.01. The van der Waals surface area contributed by atoms with E-state index in [1.54, 1.807) is 10.8 Å². The van der Waals surface area contributed by atoms with Crippen molar-refractivity contribution in [3.05, 3.63) is 43.1 Å². The summed E-state index contributed by atoms with van der Waals surface area (Å²) in [6.07, 6.45) is 3.03. The summed E-state index contributed by atoms with van der Waals surface area (Å²) < 4.78 is 7.36. The Morgan fingerprint density at radius 3 is 2.85 bits per heavy atom. The van der Waals surface area contributed by atoms with Crippen molar-refractivity contribution in [3.63, 3.8) is 0 Å². The number of nitrogens with zero attached hydrogens (tertiary/aromatic N) is 1. The molecule has 0 aliphatic rings. The summed E-state index contributed by atoms with van der Waals surface area (Å²) in [7, 11) is 0. The highest BCUT2D eigenvalue weighted by Crippen LogP contribution is 2.29. The van der Waals surface area contributed by atoms with Crippen LogP contribution in [0.3, 0.4) is 0 Å². The van der Waals surface area contributed by atoms with E-state index < -0.39 is 11.5 Å². The van der Waals surface area contributed by atoms with Crippen LogP contribution in [0.4, 0.5) is 0 Å². The number of carboxylic acids is 1. The molecule has 2 aromatic rings. The Balaban J connectivity index is 2.49. The number of carboxylic acid groups (broad SMARTS) is 1. The number of hydrogen-bond acceptors (Lipinski definition) is 3. The molecule has 0 aliphatic heterocycles. The Hall–Kier alpha value is -2.27. The van der Waals surface area contributed by atoms with Gasteiger partial charge in [-0.05, 0) is 19.1 Å². The van der Waals surface area contributed by atoms with E-state index in [-0.39, 0.29) is 6.54 Å². The average Bonchev–Trinajstić information content (AvgIpc) is 2.77. The largest absolute Gasteiger partial charge is 0.492 e. The molecule has 0 radical (unpaired) electrons. The summed E-state index contributed by atoms with van der Waals surface area (Å²) >= 11 is 0. The van der Waals surface area contributed by atoms with Crippen LogP contribution < -0.4 is 10.5 Å². The molecule has 0 amide bonds. The summed E-state index contributed by atoms with van der Waals surface area (Å²) in [6.45, 7) is 6.07. The topological polar surface area (TPSA) is 77.5 Å². The van der Waals surface area contributed by atoms with E-state index in [0.29, 0.717) is 6.61 Å². The third kappa shape index (κ3) is 2.40. The second kappa shape index (κ2) is 5.38. The molecule has 106 valence electrons. The van der Waals surface area contributed by atoms with Crippen LogP contribution in [0, 0.1) is 0 Å². The van der Waals surface area contributed by atoms with Gasteiger partial charge in [-0.15, -0.1) is 6.58 Å². The molecule has 0 aliphatic carbocycles. The summed E-state index contributed by atoms with van der Waals surface area (Å²) in [5.74, 6) is -0.386. The van der Waals surface area contributed by atoms with Crippen molar-refractivity contribution in [2.24, 2.45) is 5.73 Å². The van der Waals surface area contributed by atoms with Gasteiger partial charge in [0.05, 0.1) is 18.7 Å². The van der Waals surface area contributed by atoms with Gasteiger partial charge in [-0.25, -0.2) is 4.79 Å². The van der Waals surface area contributed by atoms with E-state index in [1.165, 1.54) is 6.08 Å². The van der Waals surface area contributed by atoms with E-state index >= 15 is 0 Å². The SMILES string of the molecule is C=CC(N)(Cn1cc(OCC)c2ccccc21)C(=O)O. The van der Waals surface area contributed by atoms with Gasteiger partial charge in [0.2, 0.25) is 0 Å². The van der Waals surface area contributed by atoms with Gasteiger partial charge in [-0.2, -0.15) is 0 Å². The lowest BCUT2D eigenvalue weighted by molar-refractivity contribution is -0.141. The van der Waals surface area contributed by atoms with Crippen LogP contribution >= 0.6 is 0 Å². The Morgan fingerprint density at radius 1 is 1.55 bits per heavy atom. The van der Waals surface area contributed by atoms with Crippen molar-refractivity contribution in [3.8, 4) is 5.75 Å². The first-order valence-corrected chi connectivity index (χ1v) is 6.38. The molecule has 1 atom stereocenters. The molecular formula is C15H18N2O3. The van der Waals surface area contributed by atoms with Crippen LogP contribution in [-0.2, 0) is 11.3 Å². The maximum absolute atomic E-state index is 11.3. The second-order valence-electron chi connectivity index (χ2n) is 4.62. The first kappa shape index (κ1) is 14.1. The fraction of sp³-hybridized carbons (Fsp3) is 0.267. The van der Waals surface area contributed by atoms with Crippen LogP contribution in [-0.4, -0.2) is 27.8 Å². The number of rotatable bonds is 6. The summed E-state index contributed by atoms with van der Waals surface area (Å²) in [5.41, 5.74) is 5.24. The lowest BCUT2D eigenvalue weighted by Crippen LogP contribution is -2.49. The van der Waals surface area contributed by atoms with Crippen LogP contribution in [0.25, 0.3) is 10.9 Å². The van der Waals surface area contributed by atoms with Gasteiger partial charge in [-0.1, -0.05) is 18.2 Å². The number of fused-ring (bicyclic) bond motifs is 1. The molecule has 0 saturated carbocycles. The molecule has 2 rings (SSSR count). The third-order valence-electron chi connectivity index (χ3n) is 3.25. The monoisotopic (exact) mass is 274 g/mol. The van der Waals surface area contributed by atoms with Gasteiger partial charge in [0.25, 0.3) is 0 Å². The lowest BCUT2D eigenvalue weighted by atomic mass is 10.0. The van der Waals surface area contributed by atoms with Crippen molar-refractivity contribution in [2.45, 2.75) is 19.0 Å². The van der Waals surface area contributed by atoms with Gasteiger partial charge >= 0.3 is 5.97 Å². The highest BCUT2D eigenvalue weighted by Gasteiger charge is 2.31. The van der Waals surface area contributed by atoms with Crippen LogP contribution in [0.1, 0.15) is 6.92 Å². The smallest absolute Gasteiger partial charge is 0.329 e. The number of ether oxygens (including phenoxy) is 1. The number of nitrogens with two attached hydrogens (primary N) is 1. The van der Waals surface area contributed by atoms with Gasteiger partial charge in [-0.3, -0.25) is 0 Å². The van der Waals surface area contributed by atoms with Crippen LogP contribution in [0.5, 0.6) is 5.75 Å². The van der Waals surface area contributed by atoms with Crippen LogP contribution in [0.15, 0.2) is 43.1 Å². The highest BCUT2D eigenvalue weighted by molar-refractivity contribution is 5.87. The Kier molecular flexibility index (Phi) is 3.81. The van der Waals surface area contributed by atoms with Gasteiger partial charge in [0.15, 0.2) is 5.54 Å². The van der Waals surface area contributed by atoms with Gasteiger partial charge < -0.3 is 20.1 Å². The first-order valence-electron chi connectivity index (χ1n) is 6.38. The quantitative estimate of drug-likeness (QED) is 0.790. The minimum absolute atomic E-state index is 0.0966. The minimum atomic E-state index is -1.51. The Morgan fingerprint density at radius 2 is 2.25 bits per heavy atom. The molecular weight excluding hydrogens is 256 g/mol. The first-order chi connectivity index (χ1) is 9.51. The van der Waals surface area contributed by atoms with E-state index in [4.69, 9.17) is 10.5 Å². The average molecular weight is 274 g/mol. The van der Waals surface area contributed by atoms with Crippen molar-refractivity contribution >= 4 is 16.9 Å². The number of carbonyl (C=O) groups is 1. The molecule has 0 spiro atoms. The number of aromatic nitrogens is 1. The molecule has 1 aromatic heterocycles. The van der Waals surface area contributed by atoms with Crippen LogP contribution in [0.2, 0.25) is 0 Å². The zero-order chi connectivity index (χ0) is 14.8. The number of benzene rings is 1. The standard InChI is InChI=1S/C15H18N2O3/c1-3-15(16,14(18)19)10-17-9-13(20-4-2)11-7-5-6-8-12(11)17/h3,5-9H,1,4,10,16H2,2H3,(H,18,19). The van der Waals surface area contributed by atoms with E-state index in [1.807, 2.05) is 31.2 Å². The second-order valence-corrected chi connectivity index (χ2v) is 4.62. The maximum Gasteiger partial charge on any atom is 0.329 e. The maximum atomic E-state index is 11.3. The van der Waals surface area contributed by atoms with E-state index in [2.05, 4.69) is 6.58 Å². The predicted molar refractivity (Wildman–Crippen MR) is 77.9 cm³/mol. The van der Waals surface area contributed by atoms with E-state index in [0.717, 1.165) is 16.7 Å². The molecule has 5 nitrogen and oxygen atoms in total. The zero-order valence-corrected chi connectivity index (χ0v) is 11.4. The van der Waals surface area contributed by atoms with E-state index in [9.17, 15) is 9.90 Å². The fourth-order valence-corrected chi connectivity index (χ4v) is 2.12. The third-order valence-corrected chi connectivity index (χ3v) is 3.25. The number of aliphatic carboxylic acids is 1.